The zero-order valence-corrected chi connectivity index (χ0v) is 16.6. The van der Waals surface area contributed by atoms with Crippen LogP contribution >= 0.6 is 11.3 Å². The minimum Gasteiger partial charge on any atom is -0.381 e. The summed E-state index contributed by atoms with van der Waals surface area (Å²) in [6.45, 7) is 9.87. The zero-order chi connectivity index (χ0) is 18.6. The van der Waals surface area contributed by atoms with Gasteiger partial charge in [-0.2, -0.15) is 0 Å². The van der Waals surface area contributed by atoms with Crippen molar-refractivity contribution in [2.45, 2.75) is 44.9 Å². The van der Waals surface area contributed by atoms with Crippen molar-refractivity contribution in [1.82, 2.24) is 14.8 Å². The number of piperazine rings is 1. The first-order valence-corrected chi connectivity index (χ1v) is 10.3. The molecule has 146 valence electrons. The molecule has 0 radical (unpaired) electrons. The highest BCUT2D eigenvalue weighted by atomic mass is 32.1. The van der Waals surface area contributed by atoms with Crippen LogP contribution in [0, 0.1) is 0 Å². The maximum absolute atomic E-state index is 12.8. The predicted molar refractivity (Wildman–Crippen MR) is 101 cm³/mol. The molecule has 2 fully saturated rings. The Morgan fingerprint density at radius 2 is 2.08 bits per heavy atom. The largest absolute Gasteiger partial charge is 0.381 e. The molecule has 0 bridgehead atoms. The van der Waals surface area contributed by atoms with E-state index < -0.39 is 5.54 Å². The summed E-state index contributed by atoms with van der Waals surface area (Å²) < 4.78 is 11.0. The molecular weight excluding hydrogens is 352 g/mol. The van der Waals surface area contributed by atoms with Crippen molar-refractivity contribution in [2.24, 2.45) is 5.73 Å². The minimum atomic E-state index is -0.736. The van der Waals surface area contributed by atoms with Crippen LogP contribution in [0.3, 0.4) is 0 Å². The second-order valence-corrected chi connectivity index (χ2v) is 8.00. The number of ether oxygens (including phenoxy) is 2. The number of aromatic nitrogens is 1. The fraction of sp³-hybridized carbons (Fsp3) is 0.778. The molecule has 0 aliphatic carbocycles. The fourth-order valence-electron chi connectivity index (χ4n) is 3.51. The van der Waals surface area contributed by atoms with Crippen LogP contribution in [-0.2, 0) is 20.8 Å². The number of hydrogen-bond acceptors (Lipinski definition) is 7. The maximum Gasteiger partial charge on any atom is 0.242 e. The molecule has 1 unspecified atom stereocenters. The lowest BCUT2D eigenvalue weighted by molar-refractivity contribution is -0.142. The zero-order valence-electron chi connectivity index (χ0n) is 15.8. The summed E-state index contributed by atoms with van der Waals surface area (Å²) in [7, 11) is 0. The monoisotopic (exact) mass is 382 g/mol. The van der Waals surface area contributed by atoms with E-state index in [0.29, 0.717) is 32.7 Å². The molecule has 2 saturated heterocycles. The average Bonchev–Trinajstić information content (AvgIpc) is 3.11. The number of hydrogen-bond donors (Lipinski definition) is 1. The van der Waals surface area contributed by atoms with Gasteiger partial charge in [0.25, 0.3) is 0 Å². The standard InChI is InChI=1S/C18H30N4O3S/c1-3-25-14(2)16-20-15(13-26-16)12-21-6-8-22(9-7-21)17(23)18(19)4-10-24-11-5-18/h13-14H,3-12,19H2,1-2H3. The molecule has 2 aliphatic rings. The SMILES string of the molecule is CCOC(C)c1nc(CN2CCN(C(=O)C3(N)CCOCC3)CC2)cs1. The number of amides is 1. The molecule has 0 saturated carbocycles. The summed E-state index contributed by atoms with van der Waals surface area (Å²) in [4.78, 5) is 21.8. The Kier molecular flexibility index (Phi) is 6.63. The summed E-state index contributed by atoms with van der Waals surface area (Å²) in [6.07, 6.45) is 1.28. The van der Waals surface area contributed by atoms with Crippen molar-refractivity contribution < 1.29 is 14.3 Å². The quantitative estimate of drug-likeness (QED) is 0.801. The Labute approximate surface area is 159 Å². The summed E-state index contributed by atoms with van der Waals surface area (Å²) >= 11 is 1.65. The second-order valence-electron chi connectivity index (χ2n) is 7.11. The van der Waals surface area contributed by atoms with Gasteiger partial charge >= 0.3 is 0 Å². The summed E-state index contributed by atoms with van der Waals surface area (Å²) in [6, 6.07) is 0. The lowest BCUT2D eigenvalue weighted by Crippen LogP contribution is -2.61. The van der Waals surface area contributed by atoms with Crippen LogP contribution < -0.4 is 5.73 Å². The Morgan fingerprint density at radius 3 is 2.73 bits per heavy atom. The van der Waals surface area contributed by atoms with E-state index in [0.717, 1.165) is 43.4 Å². The normalized spacial score (nSPS) is 22.3. The van der Waals surface area contributed by atoms with Crippen LogP contribution in [0.2, 0.25) is 0 Å². The van der Waals surface area contributed by atoms with Crippen LogP contribution in [0.1, 0.15) is 43.5 Å². The molecule has 1 aromatic heterocycles. The second kappa shape index (κ2) is 8.75. The van der Waals surface area contributed by atoms with Crippen LogP contribution in [0.4, 0.5) is 0 Å². The molecule has 1 aromatic rings. The van der Waals surface area contributed by atoms with Gasteiger partial charge < -0.3 is 20.1 Å². The van der Waals surface area contributed by atoms with Crippen molar-refractivity contribution in [3.8, 4) is 0 Å². The van der Waals surface area contributed by atoms with E-state index in [1.807, 2.05) is 18.7 Å². The molecule has 2 N–H and O–H groups in total. The molecule has 3 rings (SSSR count). The van der Waals surface area contributed by atoms with Gasteiger partial charge in [-0.15, -0.1) is 11.3 Å². The number of rotatable bonds is 6. The van der Waals surface area contributed by atoms with E-state index in [1.54, 1.807) is 11.3 Å². The van der Waals surface area contributed by atoms with E-state index >= 15 is 0 Å². The van der Waals surface area contributed by atoms with Crippen molar-refractivity contribution in [3.63, 3.8) is 0 Å². The summed E-state index contributed by atoms with van der Waals surface area (Å²) in [5, 5.41) is 3.14. The van der Waals surface area contributed by atoms with Crippen LogP contribution in [0.25, 0.3) is 0 Å². The number of nitrogens with two attached hydrogens (primary N) is 1. The minimum absolute atomic E-state index is 0.0495. The van der Waals surface area contributed by atoms with Gasteiger partial charge in [-0.1, -0.05) is 0 Å². The first kappa shape index (κ1) is 19.7. The number of thiazole rings is 1. The van der Waals surface area contributed by atoms with Gasteiger partial charge in [0.05, 0.1) is 11.2 Å². The Bertz CT molecular complexity index is 595. The van der Waals surface area contributed by atoms with Gasteiger partial charge in [0.2, 0.25) is 5.91 Å². The lowest BCUT2D eigenvalue weighted by Gasteiger charge is -2.40. The molecule has 3 heterocycles. The molecular formula is C18H30N4O3S. The molecule has 7 nitrogen and oxygen atoms in total. The number of nitrogens with zero attached hydrogens (tertiary/aromatic N) is 3. The van der Waals surface area contributed by atoms with Crippen LogP contribution in [0.15, 0.2) is 5.38 Å². The van der Waals surface area contributed by atoms with Crippen LogP contribution in [-0.4, -0.2) is 72.2 Å². The highest BCUT2D eigenvalue weighted by Crippen LogP contribution is 2.23. The highest BCUT2D eigenvalue weighted by Gasteiger charge is 2.39. The van der Waals surface area contributed by atoms with E-state index in [9.17, 15) is 4.79 Å². The molecule has 1 atom stereocenters. The molecule has 26 heavy (non-hydrogen) atoms. The van der Waals surface area contributed by atoms with Crippen molar-refractivity contribution in [3.05, 3.63) is 16.1 Å². The van der Waals surface area contributed by atoms with Gasteiger partial charge in [0.1, 0.15) is 11.1 Å². The summed E-state index contributed by atoms with van der Waals surface area (Å²) in [5.74, 6) is 0.0851. The van der Waals surface area contributed by atoms with Crippen molar-refractivity contribution >= 4 is 17.2 Å². The van der Waals surface area contributed by atoms with Gasteiger partial charge in [-0.05, 0) is 26.7 Å². The Hall–Kier alpha value is -1.06. The van der Waals surface area contributed by atoms with Gasteiger partial charge in [0, 0.05) is 57.9 Å². The maximum atomic E-state index is 12.8. The third-order valence-corrected chi connectivity index (χ3v) is 6.24. The molecule has 1 amide bonds. The van der Waals surface area contributed by atoms with E-state index in [2.05, 4.69) is 10.3 Å². The molecule has 0 spiro atoms. The molecule has 8 heteroatoms. The average molecular weight is 383 g/mol. The van der Waals surface area contributed by atoms with E-state index in [1.165, 1.54) is 0 Å². The fourth-order valence-corrected chi connectivity index (χ4v) is 4.32. The first-order valence-electron chi connectivity index (χ1n) is 9.46. The Balaban J connectivity index is 1.49. The van der Waals surface area contributed by atoms with Gasteiger partial charge in [0.15, 0.2) is 0 Å². The van der Waals surface area contributed by atoms with Crippen molar-refractivity contribution in [1.29, 1.82) is 0 Å². The van der Waals surface area contributed by atoms with Gasteiger partial charge in [-0.25, -0.2) is 4.98 Å². The lowest BCUT2D eigenvalue weighted by atomic mass is 9.89. The smallest absolute Gasteiger partial charge is 0.242 e. The third-order valence-electron chi connectivity index (χ3n) is 5.19. The predicted octanol–water partition coefficient (Wildman–Crippen LogP) is 1.39. The van der Waals surface area contributed by atoms with E-state index in [-0.39, 0.29) is 12.0 Å². The number of carbonyl (C=O) groups is 1. The first-order chi connectivity index (χ1) is 12.5. The summed E-state index contributed by atoms with van der Waals surface area (Å²) in [5.41, 5.74) is 6.69. The molecule has 0 aromatic carbocycles. The van der Waals surface area contributed by atoms with Gasteiger partial charge in [-0.3, -0.25) is 9.69 Å². The Morgan fingerprint density at radius 1 is 1.38 bits per heavy atom. The topological polar surface area (TPSA) is 80.9 Å². The van der Waals surface area contributed by atoms with E-state index in [4.69, 9.17) is 20.2 Å². The third kappa shape index (κ3) is 4.61. The molecule has 2 aliphatic heterocycles. The van der Waals surface area contributed by atoms with Crippen molar-refractivity contribution in [2.75, 3.05) is 46.0 Å². The van der Waals surface area contributed by atoms with Crippen LogP contribution in [0.5, 0.6) is 0 Å². The highest BCUT2D eigenvalue weighted by molar-refractivity contribution is 7.09. The number of carbonyl (C=O) groups excluding carboxylic acids is 1.